The van der Waals surface area contributed by atoms with E-state index >= 15 is 0 Å². The zero-order valence-electron chi connectivity index (χ0n) is 8.93. The van der Waals surface area contributed by atoms with E-state index in [0.717, 1.165) is 0 Å². The molecule has 3 aromatic rings. The first-order chi connectivity index (χ1) is 8.33. The van der Waals surface area contributed by atoms with Gasteiger partial charge in [-0.2, -0.15) is 10.2 Å². The number of nitrogen functional groups attached to an aromatic ring is 1. The molecule has 0 spiro atoms. The Morgan fingerprint density at radius 3 is 1.82 bits per heavy atom. The Bertz CT molecular complexity index is 559. The van der Waals surface area contributed by atoms with Crippen LogP contribution in [-0.4, -0.2) is 24.5 Å². The molecule has 2 N–H and O–H groups in total. The van der Waals surface area contributed by atoms with E-state index in [1.54, 1.807) is 33.9 Å². The SMILES string of the molecule is Nc1cc(-n2cccn2)nc(-n2cccn2)c1. The molecule has 84 valence electrons. The number of anilines is 1. The minimum atomic E-state index is 0.621. The summed E-state index contributed by atoms with van der Waals surface area (Å²) in [7, 11) is 0. The summed E-state index contributed by atoms with van der Waals surface area (Å²) >= 11 is 0. The molecule has 0 atom stereocenters. The predicted octanol–water partition coefficient (Wildman–Crippen LogP) is 1.04. The largest absolute Gasteiger partial charge is 0.399 e. The Labute approximate surface area is 97.3 Å². The Balaban J connectivity index is 2.13. The normalized spacial score (nSPS) is 10.6. The van der Waals surface area contributed by atoms with E-state index in [-0.39, 0.29) is 0 Å². The van der Waals surface area contributed by atoms with Crippen LogP contribution in [0.2, 0.25) is 0 Å². The Hall–Kier alpha value is -2.63. The van der Waals surface area contributed by atoms with Gasteiger partial charge in [-0.15, -0.1) is 0 Å². The number of nitrogens with two attached hydrogens (primary N) is 1. The molecular formula is C11H10N6. The van der Waals surface area contributed by atoms with E-state index in [4.69, 9.17) is 5.73 Å². The Kier molecular flexibility index (Phi) is 2.11. The van der Waals surface area contributed by atoms with Gasteiger partial charge in [0.2, 0.25) is 0 Å². The molecule has 0 fully saturated rings. The smallest absolute Gasteiger partial charge is 0.157 e. The average Bonchev–Trinajstić information content (AvgIpc) is 3.02. The maximum Gasteiger partial charge on any atom is 0.157 e. The van der Waals surface area contributed by atoms with Gasteiger partial charge in [-0.3, -0.25) is 0 Å². The summed E-state index contributed by atoms with van der Waals surface area (Å²) in [5.74, 6) is 1.33. The molecule has 3 heterocycles. The maximum absolute atomic E-state index is 5.85. The fraction of sp³-hybridized carbons (Fsp3) is 0. The molecule has 0 aromatic carbocycles. The fourth-order valence-electron chi connectivity index (χ4n) is 1.57. The van der Waals surface area contributed by atoms with Crippen molar-refractivity contribution in [3.8, 4) is 11.6 Å². The van der Waals surface area contributed by atoms with Crippen LogP contribution < -0.4 is 5.73 Å². The summed E-state index contributed by atoms with van der Waals surface area (Å²) in [5.41, 5.74) is 6.47. The Morgan fingerprint density at radius 2 is 1.41 bits per heavy atom. The molecule has 0 unspecified atom stereocenters. The van der Waals surface area contributed by atoms with E-state index in [1.807, 2.05) is 24.5 Å². The summed E-state index contributed by atoms with van der Waals surface area (Å²) < 4.78 is 3.31. The number of pyridine rings is 1. The first kappa shape index (κ1) is 9.59. The molecule has 0 aliphatic rings. The minimum Gasteiger partial charge on any atom is -0.399 e. The van der Waals surface area contributed by atoms with Crippen molar-refractivity contribution in [3.05, 3.63) is 49.1 Å². The number of hydrogen-bond acceptors (Lipinski definition) is 4. The van der Waals surface area contributed by atoms with Crippen molar-refractivity contribution in [2.45, 2.75) is 0 Å². The van der Waals surface area contributed by atoms with E-state index in [0.29, 0.717) is 17.3 Å². The Morgan fingerprint density at radius 1 is 0.882 bits per heavy atom. The lowest BCUT2D eigenvalue weighted by Crippen LogP contribution is -2.05. The van der Waals surface area contributed by atoms with Crippen molar-refractivity contribution in [1.29, 1.82) is 0 Å². The molecule has 0 saturated carbocycles. The molecule has 6 nitrogen and oxygen atoms in total. The van der Waals surface area contributed by atoms with Crippen molar-refractivity contribution in [2.24, 2.45) is 0 Å². The van der Waals surface area contributed by atoms with E-state index in [9.17, 15) is 0 Å². The van der Waals surface area contributed by atoms with Gasteiger partial charge in [-0.25, -0.2) is 14.3 Å². The zero-order valence-corrected chi connectivity index (χ0v) is 8.93. The third-order valence-corrected chi connectivity index (χ3v) is 2.30. The van der Waals surface area contributed by atoms with Crippen LogP contribution in [-0.2, 0) is 0 Å². The predicted molar refractivity (Wildman–Crippen MR) is 62.9 cm³/mol. The third-order valence-electron chi connectivity index (χ3n) is 2.30. The first-order valence-corrected chi connectivity index (χ1v) is 5.10. The van der Waals surface area contributed by atoms with Gasteiger partial charge in [0.05, 0.1) is 0 Å². The summed E-state index contributed by atoms with van der Waals surface area (Å²) in [6, 6.07) is 7.19. The van der Waals surface area contributed by atoms with Gasteiger partial charge in [0, 0.05) is 42.6 Å². The second-order valence-electron chi connectivity index (χ2n) is 3.52. The van der Waals surface area contributed by atoms with Crippen molar-refractivity contribution in [3.63, 3.8) is 0 Å². The number of nitrogens with zero attached hydrogens (tertiary/aromatic N) is 5. The van der Waals surface area contributed by atoms with Gasteiger partial charge in [0.1, 0.15) is 0 Å². The minimum absolute atomic E-state index is 0.621. The van der Waals surface area contributed by atoms with Crippen LogP contribution in [0.3, 0.4) is 0 Å². The van der Waals surface area contributed by atoms with Gasteiger partial charge in [-0.05, 0) is 12.1 Å². The van der Waals surface area contributed by atoms with Crippen molar-refractivity contribution >= 4 is 5.69 Å². The van der Waals surface area contributed by atoms with Crippen LogP contribution in [0.25, 0.3) is 11.6 Å². The molecule has 3 rings (SSSR count). The molecule has 0 amide bonds. The van der Waals surface area contributed by atoms with Gasteiger partial charge in [0.25, 0.3) is 0 Å². The lowest BCUT2D eigenvalue weighted by Gasteiger charge is -2.06. The highest BCUT2D eigenvalue weighted by Gasteiger charge is 2.04. The number of hydrogen-bond donors (Lipinski definition) is 1. The first-order valence-electron chi connectivity index (χ1n) is 5.10. The number of aromatic nitrogens is 5. The van der Waals surface area contributed by atoms with Crippen LogP contribution in [0.5, 0.6) is 0 Å². The van der Waals surface area contributed by atoms with Crippen LogP contribution in [0.15, 0.2) is 49.1 Å². The van der Waals surface area contributed by atoms with Gasteiger partial charge < -0.3 is 5.73 Å². The van der Waals surface area contributed by atoms with Crippen molar-refractivity contribution < 1.29 is 0 Å². The quantitative estimate of drug-likeness (QED) is 0.708. The molecule has 6 heteroatoms. The average molecular weight is 226 g/mol. The van der Waals surface area contributed by atoms with Crippen LogP contribution in [0.1, 0.15) is 0 Å². The standard InChI is InChI=1S/C11H10N6/c12-9-7-10(16-5-1-3-13-16)15-11(8-9)17-6-2-4-14-17/h1-8H,(H2,12,15). The molecular weight excluding hydrogens is 216 g/mol. The number of rotatable bonds is 2. The van der Waals surface area contributed by atoms with Gasteiger partial charge >= 0.3 is 0 Å². The lowest BCUT2D eigenvalue weighted by atomic mass is 10.4. The van der Waals surface area contributed by atoms with E-state index < -0.39 is 0 Å². The van der Waals surface area contributed by atoms with Crippen molar-refractivity contribution in [2.75, 3.05) is 5.73 Å². The summed E-state index contributed by atoms with van der Waals surface area (Å²) in [5, 5.41) is 8.24. The molecule has 3 aromatic heterocycles. The van der Waals surface area contributed by atoms with E-state index in [2.05, 4.69) is 15.2 Å². The second-order valence-corrected chi connectivity index (χ2v) is 3.52. The molecule has 17 heavy (non-hydrogen) atoms. The van der Waals surface area contributed by atoms with Crippen molar-refractivity contribution in [1.82, 2.24) is 24.5 Å². The molecule has 0 saturated heterocycles. The summed E-state index contributed by atoms with van der Waals surface area (Å²) in [6.45, 7) is 0. The highest BCUT2D eigenvalue weighted by atomic mass is 15.3. The topological polar surface area (TPSA) is 74.6 Å². The van der Waals surface area contributed by atoms with Crippen LogP contribution in [0, 0.1) is 0 Å². The van der Waals surface area contributed by atoms with Gasteiger partial charge in [0.15, 0.2) is 11.6 Å². The zero-order chi connectivity index (χ0) is 11.7. The second kappa shape index (κ2) is 3.75. The third kappa shape index (κ3) is 1.76. The maximum atomic E-state index is 5.85. The monoisotopic (exact) mass is 226 g/mol. The van der Waals surface area contributed by atoms with Crippen LogP contribution >= 0.6 is 0 Å². The molecule has 0 aliphatic carbocycles. The summed E-state index contributed by atoms with van der Waals surface area (Å²) in [4.78, 5) is 4.44. The highest BCUT2D eigenvalue weighted by molar-refractivity contribution is 5.49. The lowest BCUT2D eigenvalue weighted by molar-refractivity contribution is 0.804. The van der Waals surface area contributed by atoms with Gasteiger partial charge in [-0.1, -0.05) is 0 Å². The highest BCUT2D eigenvalue weighted by Crippen LogP contribution is 2.13. The van der Waals surface area contributed by atoms with E-state index in [1.165, 1.54) is 0 Å². The van der Waals surface area contributed by atoms with Crippen LogP contribution in [0.4, 0.5) is 5.69 Å². The fourth-order valence-corrected chi connectivity index (χ4v) is 1.57. The molecule has 0 aliphatic heterocycles. The molecule has 0 radical (unpaired) electrons. The summed E-state index contributed by atoms with van der Waals surface area (Å²) in [6.07, 6.45) is 7.01. The molecule has 0 bridgehead atoms.